The first-order chi connectivity index (χ1) is 11.9. The number of hydrogen-bond donors (Lipinski definition) is 0. The molecule has 1 aromatic carbocycles. The summed E-state index contributed by atoms with van der Waals surface area (Å²) >= 11 is 0. The molecule has 0 bridgehead atoms. The molecule has 0 atom stereocenters. The third-order valence-corrected chi connectivity index (χ3v) is 3.98. The predicted octanol–water partition coefficient (Wildman–Crippen LogP) is 3.24. The van der Waals surface area contributed by atoms with Gasteiger partial charge in [0.15, 0.2) is 0 Å². The predicted molar refractivity (Wildman–Crippen MR) is 92.3 cm³/mol. The maximum atomic E-state index is 4.51. The zero-order valence-corrected chi connectivity index (χ0v) is 13.2. The second-order valence-corrected chi connectivity index (χ2v) is 5.57. The molecule has 4 rings (SSSR count). The van der Waals surface area contributed by atoms with E-state index in [-0.39, 0.29) is 0 Å². The number of rotatable bonds is 5. The molecule has 0 fully saturated rings. The van der Waals surface area contributed by atoms with Gasteiger partial charge in [0.05, 0.1) is 12.2 Å². The Bertz CT molecular complexity index is 909. The highest BCUT2D eigenvalue weighted by molar-refractivity contribution is 5.58. The number of benzene rings is 1. The van der Waals surface area contributed by atoms with Gasteiger partial charge >= 0.3 is 0 Å². The third kappa shape index (κ3) is 2.96. The van der Waals surface area contributed by atoms with E-state index in [4.69, 9.17) is 0 Å². The van der Waals surface area contributed by atoms with Gasteiger partial charge in [-0.25, -0.2) is 4.98 Å². The molecule has 0 saturated heterocycles. The molecule has 5 heteroatoms. The van der Waals surface area contributed by atoms with E-state index in [1.165, 1.54) is 5.56 Å². The molecule has 0 amide bonds. The Labute approximate surface area is 140 Å². The van der Waals surface area contributed by atoms with Gasteiger partial charge < -0.3 is 4.57 Å². The molecule has 0 saturated carbocycles. The normalized spacial score (nSPS) is 10.8. The van der Waals surface area contributed by atoms with Gasteiger partial charge in [-0.15, -0.1) is 0 Å². The number of aromatic nitrogens is 5. The van der Waals surface area contributed by atoms with Crippen LogP contribution in [0.15, 0.2) is 79.5 Å². The Hall–Kier alpha value is -3.21. The summed E-state index contributed by atoms with van der Waals surface area (Å²) in [5.74, 6) is 0.984. The van der Waals surface area contributed by atoms with E-state index in [1.54, 1.807) is 12.4 Å². The van der Waals surface area contributed by atoms with Crippen molar-refractivity contribution < 1.29 is 0 Å². The van der Waals surface area contributed by atoms with Gasteiger partial charge in [-0.2, -0.15) is 5.10 Å². The summed E-state index contributed by atoms with van der Waals surface area (Å²) in [6.07, 6.45) is 9.26. The van der Waals surface area contributed by atoms with Crippen molar-refractivity contribution in [3.8, 4) is 11.3 Å². The van der Waals surface area contributed by atoms with E-state index in [1.807, 2.05) is 47.5 Å². The Morgan fingerprint density at radius 1 is 0.792 bits per heavy atom. The highest BCUT2D eigenvalue weighted by Crippen LogP contribution is 2.18. The first kappa shape index (κ1) is 14.4. The minimum absolute atomic E-state index is 0.629. The lowest BCUT2D eigenvalue weighted by Gasteiger charge is -2.10. The summed E-state index contributed by atoms with van der Waals surface area (Å²) in [6.45, 7) is 1.44. The van der Waals surface area contributed by atoms with Crippen LogP contribution in [0.2, 0.25) is 0 Å². The van der Waals surface area contributed by atoms with E-state index in [0.717, 1.165) is 23.6 Å². The molecule has 24 heavy (non-hydrogen) atoms. The lowest BCUT2D eigenvalue weighted by atomic mass is 10.2. The molecule has 0 N–H and O–H groups in total. The summed E-state index contributed by atoms with van der Waals surface area (Å²) in [5.41, 5.74) is 3.42. The fraction of sp³-hybridized carbons (Fsp3) is 0.105. The topological polar surface area (TPSA) is 48.5 Å². The maximum absolute atomic E-state index is 4.51. The molecule has 0 aliphatic heterocycles. The van der Waals surface area contributed by atoms with E-state index in [9.17, 15) is 0 Å². The fourth-order valence-electron chi connectivity index (χ4n) is 2.78. The number of imidazole rings is 1. The second kappa shape index (κ2) is 6.50. The molecule has 118 valence electrons. The van der Waals surface area contributed by atoms with Crippen molar-refractivity contribution in [3.63, 3.8) is 0 Å². The molecule has 5 nitrogen and oxygen atoms in total. The van der Waals surface area contributed by atoms with E-state index in [2.05, 4.69) is 43.9 Å². The Morgan fingerprint density at radius 2 is 1.62 bits per heavy atom. The average molecular weight is 315 g/mol. The molecule has 0 aliphatic rings. The summed E-state index contributed by atoms with van der Waals surface area (Å²) in [5, 5.41) is 4.46. The molecular formula is C19H17N5. The van der Waals surface area contributed by atoms with Crippen molar-refractivity contribution >= 4 is 0 Å². The molecule has 0 spiro atoms. The lowest BCUT2D eigenvalue weighted by molar-refractivity contribution is 0.620. The van der Waals surface area contributed by atoms with Gasteiger partial charge in [-0.3, -0.25) is 9.67 Å². The molecule has 3 heterocycles. The van der Waals surface area contributed by atoms with Gasteiger partial charge in [0.2, 0.25) is 0 Å². The zero-order chi connectivity index (χ0) is 16.2. The van der Waals surface area contributed by atoms with Crippen LogP contribution in [0.3, 0.4) is 0 Å². The molecule has 0 unspecified atom stereocenters. The van der Waals surface area contributed by atoms with E-state index < -0.39 is 0 Å². The molecule has 0 aliphatic carbocycles. The van der Waals surface area contributed by atoms with Gasteiger partial charge in [-0.05, 0) is 23.8 Å². The SMILES string of the molecule is c1ccc(Cn2ccnc2Cn2nccc2-c2ccncc2)cc1. The van der Waals surface area contributed by atoms with Gasteiger partial charge in [0, 0.05) is 43.1 Å². The van der Waals surface area contributed by atoms with Crippen molar-refractivity contribution in [2.75, 3.05) is 0 Å². The molecule has 3 aromatic heterocycles. The highest BCUT2D eigenvalue weighted by atomic mass is 15.3. The fourth-order valence-corrected chi connectivity index (χ4v) is 2.78. The maximum Gasteiger partial charge on any atom is 0.130 e. The van der Waals surface area contributed by atoms with Crippen LogP contribution in [-0.2, 0) is 13.1 Å². The second-order valence-electron chi connectivity index (χ2n) is 5.57. The Balaban J connectivity index is 1.60. The summed E-state index contributed by atoms with van der Waals surface area (Å²) in [7, 11) is 0. The van der Waals surface area contributed by atoms with Crippen molar-refractivity contribution in [1.29, 1.82) is 0 Å². The van der Waals surface area contributed by atoms with Gasteiger partial charge in [0.1, 0.15) is 5.82 Å². The van der Waals surface area contributed by atoms with Crippen LogP contribution in [0, 0.1) is 0 Å². The van der Waals surface area contributed by atoms with E-state index in [0.29, 0.717) is 6.54 Å². The van der Waals surface area contributed by atoms with Crippen LogP contribution in [0.25, 0.3) is 11.3 Å². The van der Waals surface area contributed by atoms with Crippen molar-refractivity contribution in [2.24, 2.45) is 0 Å². The zero-order valence-electron chi connectivity index (χ0n) is 13.2. The third-order valence-electron chi connectivity index (χ3n) is 3.98. The highest BCUT2D eigenvalue weighted by Gasteiger charge is 2.09. The quantitative estimate of drug-likeness (QED) is 0.568. The number of nitrogens with zero attached hydrogens (tertiary/aromatic N) is 5. The van der Waals surface area contributed by atoms with Crippen LogP contribution in [0.5, 0.6) is 0 Å². The summed E-state index contributed by atoms with van der Waals surface area (Å²) in [4.78, 5) is 8.59. The first-order valence-electron chi connectivity index (χ1n) is 7.86. The Kier molecular flexibility index (Phi) is 3.90. The van der Waals surface area contributed by atoms with Crippen LogP contribution < -0.4 is 0 Å². The summed E-state index contributed by atoms with van der Waals surface area (Å²) in [6, 6.07) is 16.4. The van der Waals surface area contributed by atoms with Crippen molar-refractivity contribution in [3.05, 3.63) is 90.9 Å². The van der Waals surface area contributed by atoms with Gasteiger partial charge in [-0.1, -0.05) is 30.3 Å². The Morgan fingerprint density at radius 3 is 2.46 bits per heavy atom. The average Bonchev–Trinajstić information content (AvgIpc) is 3.27. The standard InChI is InChI=1S/C19H17N5/c1-2-4-16(5-3-1)14-23-13-12-21-19(23)15-24-18(8-11-22-24)17-6-9-20-10-7-17/h1-13H,14-15H2. The van der Waals surface area contributed by atoms with Crippen LogP contribution in [-0.4, -0.2) is 24.3 Å². The number of hydrogen-bond acceptors (Lipinski definition) is 3. The number of pyridine rings is 1. The minimum Gasteiger partial charge on any atom is -0.329 e. The minimum atomic E-state index is 0.629. The van der Waals surface area contributed by atoms with Crippen LogP contribution >= 0.6 is 0 Å². The van der Waals surface area contributed by atoms with Gasteiger partial charge in [0.25, 0.3) is 0 Å². The lowest BCUT2D eigenvalue weighted by Crippen LogP contribution is -2.11. The van der Waals surface area contributed by atoms with Crippen molar-refractivity contribution in [2.45, 2.75) is 13.1 Å². The van der Waals surface area contributed by atoms with Crippen molar-refractivity contribution in [1.82, 2.24) is 24.3 Å². The largest absolute Gasteiger partial charge is 0.329 e. The first-order valence-corrected chi connectivity index (χ1v) is 7.86. The van der Waals surface area contributed by atoms with Crippen LogP contribution in [0.1, 0.15) is 11.4 Å². The molecule has 0 radical (unpaired) electrons. The van der Waals surface area contributed by atoms with E-state index >= 15 is 0 Å². The molecule has 4 aromatic rings. The monoisotopic (exact) mass is 315 g/mol. The van der Waals surface area contributed by atoms with Crippen LogP contribution in [0.4, 0.5) is 0 Å². The molecular weight excluding hydrogens is 298 g/mol. The summed E-state index contributed by atoms with van der Waals surface area (Å²) < 4.78 is 4.13. The smallest absolute Gasteiger partial charge is 0.130 e.